The van der Waals surface area contributed by atoms with Crippen LogP contribution in [-0.4, -0.2) is 38.7 Å². The highest BCUT2D eigenvalue weighted by molar-refractivity contribution is 6.13. The van der Waals surface area contributed by atoms with Gasteiger partial charge in [-0.05, 0) is 95.3 Å². The van der Waals surface area contributed by atoms with Crippen molar-refractivity contribution in [3.63, 3.8) is 0 Å². The van der Waals surface area contributed by atoms with Gasteiger partial charge in [0.1, 0.15) is 28.5 Å². The molecule has 1 N–H and O–H groups in total. The number of hydrogen-bond donors (Lipinski definition) is 1. The van der Waals surface area contributed by atoms with E-state index in [0.717, 1.165) is 0 Å². The molecule has 0 aliphatic heterocycles. The lowest BCUT2D eigenvalue weighted by Gasteiger charge is -2.22. The molecule has 8 nitrogen and oxygen atoms in total. The molecule has 0 atom stereocenters. The molecule has 0 saturated carbocycles. The summed E-state index contributed by atoms with van der Waals surface area (Å²) >= 11 is 0. The summed E-state index contributed by atoms with van der Waals surface area (Å²) in [7, 11) is 0. The molecule has 0 bridgehead atoms. The molecule has 0 spiro atoms. The molecule has 0 aliphatic rings. The average Bonchev–Trinajstić information content (AvgIpc) is 3.22. The molecule has 8 heteroatoms. The number of carboxylic acids is 1. The van der Waals surface area contributed by atoms with Crippen LogP contribution in [0.2, 0.25) is 0 Å². The lowest BCUT2D eigenvalue weighted by Crippen LogP contribution is -2.37. The number of aromatic nitrogens is 1. The van der Waals surface area contributed by atoms with Gasteiger partial charge < -0.3 is 19.3 Å². The predicted molar refractivity (Wildman–Crippen MR) is 142 cm³/mol. The van der Waals surface area contributed by atoms with Crippen LogP contribution in [-0.2, 0) is 9.53 Å². The van der Waals surface area contributed by atoms with Crippen molar-refractivity contribution in [1.82, 2.24) is 4.57 Å². The third kappa shape index (κ3) is 5.86. The summed E-state index contributed by atoms with van der Waals surface area (Å²) in [5.74, 6) is -0.0113. The van der Waals surface area contributed by atoms with E-state index in [9.17, 15) is 19.5 Å². The fourth-order valence-electron chi connectivity index (χ4n) is 3.71. The molecule has 38 heavy (non-hydrogen) atoms. The molecule has 4 aromatic rings. The van der Waals surface area contributed by atoms with E-state index in [1.54, 1.807) is 69.3 Å². The van der Waals surface area contributed by atoms with E-state index in [4.69, 9.17) is 14.2 Å². The Morgan fingerprint density at radius 3 is 1.97 bits per heavy atom. The maximum atomic E-state index is 13.6. The van der Waals surface area contributed by atoms with Gasteiger partial charge >= 0.3 is 12.1 Å². The molecular weight excluding hydrogens is 486 g/mol. The minimum absolute atomic E-state index is 0.0978. The van der Waals surface area contributed by atoms with E-state index >= 15 is 0 Å². The van der Waals surface area contributed by atoms with Gasteiger partial charge in [0, 0.05) is 10.9 Å². The maximum absolute atomic E-state index is 13.6. The molecule has 1 heterocycles. The molecule has 0 fully saturated rings. The van der Waals surface area contributed by atoms with E-state index < -0.39 is 29.0 Å². The molecule has 3 aromatic carbocycles. The van der Waals surface area contributed by atoms with Crippen LogP contribution in [0.5, 0.6) is 17.2 Å². The van der Waals surface area contributed by atoms with Crippen LogP contribution in [0, 0.1) is 0 Å². The van der Waals surface area contributed by atoms with Gasteiger partial charge in [-0.1, -0.05) is 18.2 Å². The lowest BCUT2D eigenvalue weighted by atomic mass is 10.1. The number of benzene rings is 3. The van der Waals surface area contributed by atoms with Crippen LogP contribution >= 0.6 is 0 Å². The van der Waals surface area contributed by atoms with Gasteiger partial charge in [-0.25, -0.2) is 14.2 Å². The lowest BCUT2D eigenvalue weighted by molar-refractivity contribution is -0.152. The van der Waals surface area contributed by atoms with Crippen molar-refractivity contribution in [3.05, 3.63) is 90.1 Å². The Hall–Kier alpha value is -4.59. The number of carboxylic acid groups (broad SMARTS) is 1. The van der Waals surface area contributed by atoms with Crippen LogP contribution < -0.4 is 9.47 Å². The van der Waals surface area contributed by atoms with Crippen LogP contribution in [0.3, 0.4) is 0 Å². The predicted octanol–water partition coefficient (Wildman–Crippen LogP) is 6.69. The van der Waals surface area contributed by atoms with Crippen molar-refractivity contribution >= 4 is 28.7 Å². The van der Waals surface area contributed by atoms with Crippen LogP contribution in [0.4, 0.5) is 4.79 Å². The average molecular weight is 516 g/mol. The van der Waals surface area contributed by atoms with Gasteiger partial charge in [-0.15, -0.1) is 0 Å². The van der Waals surface area contributed by atoms with Gasteiger partial charge in [-0.3, -0.25) is 4.79 Å². The molecule has 0 unspecified atom stereocenters. The number of nitrogens with zero attached hydrogens (tertiary/aromatic N) is 1. The smallest absolute Gasteiger partial charge is 0.419 e. The molecule has 196 valence electrons. The fraction of sp³-hybridized carbons (Fsp3) is 0.233. The number of fused-ring (bicyclic) bond motifs is 1. The zero-order valence-corrected chi connectivity index (χ0v) is 21.8. The highest BCUT2D eigenvalue weighted by Crippen LogP contribution is 2.30. The van der Waals surface area contributed by atoms with Gasteiger partial charge in [0.25, 0.3) is 0 Å². The van der Waals surface area contributed by atoms with Crippen molar-refractivity contribution < 1.29 is 33.7 Å². The third-order valence-corrected chi connectivity index (χ3v) is 5.57. The summed E-state index contributed by atoms with van der Waals surface area (Å²) in [5, 5.41) is 9.92. The summed E-state index contributed by atoms with van der Waals surface area (Å²) in [5.41, 5.74) is -1.39. The summed E-state index contributed by atoms with van der Waals surface area (Å²) in [6.45, 7) is 8.09. The largest absolute Gasteiger partial charge is 0.478 e. The van der Waals surface area contributed by atoms with Gasteiger partial charge in [0.15, 0.2) is 5.60 Å². The first-order chi connectivity index (χ1) is 17.8. The number of para-hydroxylation sites is 1. The van der Waals surface area contributed by atoms with Crippen LogP contribution in [0.25, 0.3) is 10.9 Å². The van der Waals surface area contributed by atoms with E-state index in [2.05, 4.69) is 0 Å². The Labute approximate surface area is 220 Å². The molecular formula is C30H29NO7. The minimum atomic E-state index is -1.47. The van der Waals surface area contributed by atoms with E-state index in [-0.39, 0.29) is 11.4 Å². The fourth-order valence-corrected chi connectivity index (χ4v) is 3.71. The highest BCUT2D eigenvalue weighted by Gasteiger charge is 2.30. The summed E-state index contributed by atoms with van der Waals surface area (Å²) in [6, 6.07) is 22.2. The number of aliphatic carboxylic acids is 1. The van der Waals surface area contributed by atoms with E-state index in [1.807, 2.05) is 30.3 Å². The second kappa shape index (κ2) is 10.0. The Kier molecular flexibility index (Phi) is 7.00. The van der Waals surface area contributed by atoms with Crippen LogP contribution in [0.1, 0.15) is 50.7 Å². The standard InChI is InChI=1S/C30H29NO7/c1-29(2,3)38-28(35)31-24-16-15-23(37-30(4,5)27(33)34)17-20(24)18-25(31)26(32)19-11-13-22(14-12-19)36-21-9-7-6-8-10-21/h6-18H,1-5H3,(H,33,34). The quantitative estimate of drug-likeness (QED) is 0.273. The monoisotopic (exact) mass is 515 g/mol. The Morgan fingerprint density at radius 2 is 1.37 bits per heavy atom. The number of carbonyl (C=O) groups is 3. The number of ketones is 1. The molecule has 0 amide bonds. The van der Waals surface area contributed by atoms with Crippen LogP contribution in [0.15, 0.2) is 78.9 Å². The molecule has 0 radical (unpaired) electrons. The normalized spacial score (nSPS) is 11.7. The van der Waals surface area contributed by atoms with E-state index in [1.165, 1.54) is 18.4 Å². The highest BCUT2D eigenvalue weighted by atomic mass is 16.6. The first-order valence-corrected chi connectivity index (χ1v) is 12.0. The molecule has 4 rings (SSSR count). The first-order valence-electron chi connectivity index (χ1n) is 12.0. The van der Waals surface area contributed by atoms with E-state index in [0.29, 0.717) is 28.0 Å². The Morgan fingerprint density at radius 1 is 0.763 bits per heavy atom. The van der Waals surface area contributed by atoms with Gasteiger partial charge in [0.05, 0.1) is 5.52 Å². The van der Waals surface area contributed by atoms with Crippen molar-refractivity contribution in [3.8, 4) is 17.2 Å². The number of rotatable bonds is 7. The van der Waals surface area contributed by atoms with Crippen molar-refractivity contribution in [2.45, 2.75) is 45.8 Å². The first kappa shape index (κ1) is 26.5. The zero-order chi connectivity index (χ0) is 27.7. The van der Waals surface area contributed by atoms with Crippen molar-refractivity contribution in [1.29, 1.82) is 0 Å². The summed E-state index contributed by atoms with van der Waals surface area (Å²) in [6.07, 6.45) is -0.709. The second-order valence-electron chi connectivity index (χ2n) is 10.3. The second-order valence-corrected chi connectivity index (χ2v) is 10.3. The van der Waals surface area contributed by atoms with Gasteiger partial charge in [-0.2, -0.15) is 0 Å². The zero-order valence-electron chi connectivity index (χ0n) is 21.8. The topological polar surface area (TPSA) is 104 Å². The van der Waals surface area contributed by atoms with Gasteiger partial charge in [0.2, 0.25) is 5.78 Å². The summed E-state index contributed by atoms with van der Waals surface area (Å²) in [4.78, 5) is 38.3. The summed E-state index contributed by atoms with van der Waals surface area (Å²) < 4.78 is 18.3. The molecule has 0 aliphatic carbocycles. The number of carbonyl (C=O) groups excluding carboxylic acids is 2. The maximum Gasteiger partial charge on any atom is 0.419 e. The molecule has 1 aromatic heterocycles. The van der Waals surface area contributed by atoms with Crippen molar-refractivity contribution in [2.24, 2.45) is 0 Å². The minimum Gasteiger partial charge on any atom is -0.478 e. The molecule has 0 saturated heterocycles. The SMILES string of the molecule is CC(C)(C)OC(=O)n1c(C(=O)c2ccc(Oc3ccccc3)cc2)cc2cc(OC(C)(C)C(=O)O)ccc21. The third-order valence-electron chi connectivity index (χ3n) is 5.57. The number of hydrogen-bond acceptors (Lipinski definition) is 6. The Bertz CT molecular complexity index is 1490. The van der Waals surface area contributed by atoms with Crippen molar-refractivity contribution in [2.75, 3.05) is 0 Å². The number of ether oxygens (including phenoxy) is 3. The Balaban J connectivity index is 1.72.